The second kappa shape index (κ2) is 6.56. The number of thiazole rings is 1. The van der Waals surface area contributed by atoms with E-state index in [0.717, 1.165) is 11.3 Å². The van der Waals surface area contributed by atoms with Crippen LogP contribution in [0.1, 0.15) is 23.3 Å². The van der Waals surface area contributed by atoms with Crippen LogP contribution in [-0.2, 0) is 16.0 Å². The molecule has 0 radical (unpaired) electrons. The molecule has 1 amide bonds. The molecule has 6 heteroatoms. The molecule has 1 aromatic carbocycles. The van der Waals surface area contributed by atoms with Crippen LogP contribution in [0.2, 0.25) is 0 Å². The predicted molar refractivity (Wildman–Crippen MR) is 87.0 cm³/mol. The Labute approximate surface area is 133 Å². The van der Waals surface area contributed by atoms with Crippen LogP contribution in [0.15, 0.2) is 36.5 Å². The van der Waals surface area contributed by atoms with E-state index < -0.39 is 5.54 Å². The molecule has 3 rings (SSSR count). The fraction of sp³-hybridized carbons (Fsp3) is 0.375. The lowest BCUT2D eigenvalue weighted by atomic mass is 9.90. The van der Waals surface area contributed by atoms with E-state index in [9.17, 15) is 4.79 Å². The summed E-state index contributed by atoms with van der Waals surface area (Å²) in [4.78, 5) is 17.7. The Morgan fingerprint density at radius 3 is 2.77 bits per heavy atom. The molecule has 1 aliphatic rings. The summed E-state index contributed by atoms with van der Waals surface area (Å²) in [5.74, 6) is -0.170. The minimum Gasteiger partial charge on any atom is -0.381 e. The van der Waals surface area contributed by atoms with Gasteiger partial charge in [0.15, 0.2) is 5.13 Å². The molecule has 0 aliphatic carbocycles. The van der Waals surface area contributed by atoms with Crippen molar-refractivity contribution in [2.24, 2.45) is 5.73 Å². The van der Waals surface area contributed by atoms with Gasteiger partial charge in [0, 0.05) is 30.7 Å². The fourth-order valence-electron chi connectivity index (χ4n) is 2.43. The van der Waals surface area contributed by atoms with Crippen molar-refractivity contribution in [2.45, 2.75) is 24.8 Å². The molecule has 22 heavy (non-hydrogen) atoms. The maximum Gasteiger partial charge on any atom is 0.246 e. The molecule has 0 spiro atoms. The lowest BCUT2D eigenvalue weighted by molar-refractivity contribution is -0.124. The molecule has 0 atom stereocenters. The van der Waals surface area contributed by atoms with E-state index in [1.54, 1.807) is 6.20 Å². The van der Waals surface area contributed by atoms with Gasteiger partial charge in [0.1, 0.15) is 5.54 Å². The zero-order chi connectivity index (χ0) is 15.4. The van der Waals surface area contributed by atoms with Gasteiger partial charge >= 0.3 is 0 Å². The second-order valence-electron chi connectivity index (χ2n) is 5.52. The van der Waals surface area contributed by atoms with Gasteiger partial charge in [-0.2, -0.15) is 0 Å². The molecule has 1 fully saturated rings. The number of hydrogen-bond acceptors (Lipinski definition) is 5. The molecule has 0 unspecified atom stereocenters. The van der Waals surface area contributed by atoms with Gasteiger partial charge < -0.3 is 15.8 Å². The van der Waals surface area contributed by atoms with E-state index in [4.69, 9.17) is 10.5 Å². The molecule has 3 N–H and O–H groups in total. The molecule has 116 valence electrons. The molecule has 2 aromatic rings. The highest BCUT2D eigenvalue weighted by molar-refractivity contribution is 7.15. The minimum atomic E-state index is -0.844. The van der Waals surface area contributed by atoms with Crippen molar-refractivity contribution in [3.63, 3.8) is 0 Å². The normalized spacial score (nSPS) is 17.1. The molecule has 0 saturated carbocycles. The minimum absolute atomic E-state index is 0.170. The number of carbonyl (C=O) groups excluding carboxylic acids is 1. The van der Waals surface area contributed by atoms with Crippen molar-refractivity contribution < 1.29 is 9.53 Å². The summed E-state index contributed by atoms with van der Waals surface area (Å²) >= 11 is 1.49. The highest BCUT2D eigenvalue weighted by atomic mass is 32.1. The molecular formula is C16H19N3O2S. The maximum absolute atomic E-state index is 12.3. The standard InChI is InChI=1S/C16H19N3O2S/c17-16(6-8-21-9-7-16)14(20)19-15-18-11-13(22-15)10-12-4-2-1-3-5-12/h1-5,11H,6-10,17H2,(H,18,19,20). The number of ether oxygens (including phenoxy) is 1. The summed E-state index contributed by atoms with van der Waals surface area (Å²) < 4.78 is 5.26. The molecule has 1 aromatic heterocycles. The van der Waals surface area contributed by atoms with Gasteiger partial charge in [-0.3, -0.25) is 4.79 Å². The number of rotatable bonds is 4. The average molecular weight is 317 g/mol. The number of anilines is 1. The van der Waals surface area contributed by atoms with Gasteiger partial charge in [0.05, 0.1) is 0 Å². The number of amides is 1. The first kappa shape index (κ1) is 15.1. The number of aromatic nitrogens is 1. The largest absolute Gasteiger partial charge is 0.381 e. The lowest BCUT2D eigenvalue weighted by Crippen LogP contribution is -2.54. The van der Waals surface area contributed by atoms with E-state index in [0.29, 0.717) is 31.2 Å². The van der Waals surface area contributed by atoms with Gasteiger partial charge in [0.2, 0.25) is 5.91 Å². The SMILES string of the molecule is NC1(C(=O)Nc2ncc(Cc3ccccc3)s2)CCOCC1. The van der Waals surface area contributed by atoms with Crippen molar-refractivity contribution in [1.29, 1.82) is 0 Å². The van der Waals surface area contributed by atoms with Gasteiger partial charge in [-0.25, -0.2) is 4.98 Å². The molecule has 1 aliphatic heterocycles. The summed E-state index contributed by atoms with van der Waals surface area (Å²) in [6.07, 6.45) is 3.71. The number of carbonyl (C=O) groups is 1. The van der Waals surface area contributed by atoms with Crippen LogP contribution in [0.3, 0.4) is 0 Å². The first-order chi connectivity index (χ1) is 10.7. The summed E-state index contributed by atoms with van der Waals surface area (Å²) in [6.45, 7) is 1.06. The Balaban J connectivity index is 1.63. The molecule has 5 nitrogen and oxygen atoms in total. The van der Waals surface area contributed by atoms with E-state index in [2.05, 4.69) is 22.4 Å². The van der Waals surface area contributed by atoms with E-state index in [-0.39, 0.29) is 5.91 Å². The van der Waals surface area contributed by atoms with E-state index >= 15 is 0 Å². The zero-order valence-corrected chi connectivity index (χ0v) is 13.1. The highest BCUT2D eigenvalue weighted by Crippen LogP contribution is 2.24. The van der Waals surface area contributed by atoms with Crippen molar-refractivity contribution in [3.8, 4) is 0 Å². The first-order valence-electron chi connectivity index (χ1n) is 7.32. The third kappa shape index (κ3) is 3.52. The lowest BCUT2D eigenvalue weighted by Gasteiger charge is -2.31. The zero-order valence-electron chi connectivity index (χ0n) is 12.2. The summed E-state index contributed by atoms with van der Waals surface area (Å²) in [5, 5.41) is 3.45. The Kier molecular flexibility index (Phi) is 4.52. The van der Waals surface area contributed by atoms with Crippen LogP contribution < -0.4 is 11.1 Å². The van der Waals surface area contributed by atoms with Crippen molar-refractivity contribution >= 4 is 22.4 Å². The topological polar surface area (TPSA) is 77.2 Å². The van der Waals surface area contributed by atoms with Crippen LogP contribution in [0.25, 0.3) is 0 Å². The molecule has 0 bridgehead atoms. The summed E-state index contributed by atoms with van der Waals surface area (Å²) in [5.41, 5.74) is 6.55. The summed E-state index contributed by atoms with van der Waals surface area (Å²) in [6, 6.07) is 10.2. The smallest absolute Gasteiger partial charge is 0.246 e. The Bertz CT molecular complexity index is 636. The molecular weight excluding hydrogens is 298 g/mol. The van der Waals surface area contributed by atoms with Crippen molar-refractivity contribution in [2.75, 3.05) is 18.5 Å². The van der Waals surface area contributed by atoms with Crippen LogP contribution in [0.4, 0.5) is 5.13 Å². The Hall–Kier alpha value is -1.76. The van der Waals surface area contributed by atoms with Crippen LogP contribution in [0.5, 0.6) is 0 Å². The molecule has 2 heterocycles. The Morgan fingerprint density at radius 2 is 2.05 bits per heavy atom. The third-order valence-corrected chi connectivity index (χ3v) is 4.75. The van der Waals surface area contributed by atoms with E-state index in [1.165, 1.54) is 16.9 Å². The quantitative estimate of drug-likeness (QED) is 0.906. The number of benzene rings is 1. The second-order valence-corrected chi connectivity index (χ2v) is 6.63. The van der Waals surface area contributed by atoms with Gasteiger partial charge in [-0.1, -0.05) is 30.3 Å². The number of hydrogen-bond donors (Lipinski definition) is 2. The van der Waals surface area contributed by atoms with E-state index in [1.807, 2.05) is 18.2 Å². The van der Waals surface area contributed by atoms with Gasteiger partial charge in [-0.05, 0) is 18.4 Å². The van der Waals surface area contributed by atoms with Crippen molar-refractivity contribution in [1.82, 2.24) is 4.98 Å². The monoisotopic (exact) mass is 317 g/mol. The Morgan fingerprint density at radius 1 is 1.32 bits per heavy atom. The number of nitrogens with zero attached hydrogens (tertiary/aromatic N) is 1. The highest BCUT2D eigenvalue weighted by Gasteiger charge is 2.36. The van der Waals surface area contributed by atoms with Crippen LogP contribution in [0, 0.1) is 0 Å². The fourth-order valence-corrected chi connectivity index (χ4v) is 3.27. The van der Waals surface area contributed by atoms with Crippen molar-refractivity contribution in [3.05, 3.63) is 47.0 Å². The number of nitrogens with two attached hydrogens (primary N) is 1. The average Bonchev–Trinajstić information content (AvgIpc) is 2.96. The van der Waals surface area contributed by atoms with Gasteiger partial charge in [-0.15, -0.1) is 11.3 Å². The third-order valence-electron chi connectivity index (χ3n) is 3.83. The maximum atomic E-state index is 12.3. The van der Waals surface area contributed by atoms with Crippen LogP contribution in [-0.4, -0.2) is 29.6 Å². The van der Waals surface area contributed by atoms with Gasteiger partial charge in [0.25, 0.3) is 0 Å². The predicted octanol–water partition coefficient (Wildman–Crippen LogP) is 2.18. The summed E-state index contributed by atoms with van der Waals surface area (Å²) in [7, 11) is 0. The van der Waals surface area contributed by atoms with Crippen LogP contribution >= 0.6 is 11.3 Å². The number of nitrogens with one attached hydrogen (secondary N) is 1. The molecule has 1 saturated heterocycles. The first-order valence-corrected chi connectivity index (χ1v) is 8.14.